The highest BCUT2D eigenvalue weighted by Crippen LogP contribution is 2.34. The largest absolute Gasteiger partial charge is 0.466 e. The molecular weight excluding hydrogens is 328 g/mol. The summed E-state index contributed by atoms with van der Waals surface area (Å²) in [5, 5.41) is 0. The fourth-order valence-electron chi connectivity index (χ4n) is 3.40. The molecule has 0 unspecified atom stereocenters. The van der Waals surface area contributed by atoms with Crippen LogP contribution in [0.1, 0.15) is 96.8 Å². The van der Waals surface area contributed by atoms with E-state index in [0.717, 1.165) is 12.8 Å². The number of carbonyl (C=O) groups is 2. The first-order valence-electron chi connectivity index (χ1n) is 10.6. The molecule has 150 valence electrons. The number of rotatable bonds is 16. The minimum absolute atomic E-state index is 0.181. The maximum Gasteiger partial charge on any atom is 0.306 e. The van der Waals surface area contributed by atoms with Gasteiger partial charge in [0.2, 0.25) is 0 Å². The third kappa shape index (κ3) is 9.98. The summed E-state index contributed by atoms with van der Waals surface area (Å²) in [5.74, 6) is -0.523. The molecule has 0 bridgehead atoms. The summed E-state index contributed by atoms with van der Waals surface area (Å²) in [6.45, 7) is 6.70. The number of hydrogen-bond donors (Lipinski definition) is 0. The first kappa shape index (κ1) is 22.7. The van der Waals surface area contributed by atoms with Gasteiger partial charge < -0.3 is 9.47 Å². The predicted molar refractivity (Wildman–Crippen MR) is 105 cm³/mol. The number of carbonyl (C=O) groups excluding carboxylic acids is 2. The molecule has 0 aromatic carbocycles. The van der Waals surface area contributed by atoms with Crippen molar-refractivity contribution in [3.05, 3.63) is 12.7 Å². The van der Waals surface area contributed by atoms with Crippen molar-refractivity contribution in [2.75, 3.05) is 13.2 Å². The zero-order valence-electron chi connectivity index (χ0n) is 16.7. The third-order valence-electron chi connectivity index (χ3n) is 5.21. The topological polar surface area (TPSA) is 52.6 Å². The Morgan fingerprint density at radius 1 is 1.04 bits per heavy atom. The highest BCUT2D eigenvalue weighted by molar-refractivity contribution is 5.77. The minimum Gasteiger partial charge on any atom is -0.466 e. The Morgan fingerprint density at radius 2 is 1.58 bits per heavy atom. The maximum absolute atomic E-state index is 11.9. The van der Waals surface area contributed by atoms with Gasteiger partial charge in [-0.15, -0.1) is 6.58 Å². The van der Waals surface area contributed by atoms with Gasteiger partial charge in [-0.1, -0.05) is 83.6 Å². The van der Waals surface area contributed by atoms with Crippen LogP contribution in [0.3, 0.4) is 0 Å². The fourth-order valence-corrected chi connectivity index (χ4v) is 3.40. The summed E-state index contributed by atoms with van der Waals surface area (Å²) in [5.41, 5.74) is -0.565. The standard InChI is InChI=1S/C22H38O4/c1-3-5-6-7-8-9-10-11-12-13-14-15-16-25-20(23)17-22(4-2)18-21(24)26-19-22/h4H,2-3,5-19H2,1H3/t22-/m0/s1. The average Bonchev–Trinajstić information content (AvgIpc) is 3.00. The quantitative estimate of drug-likeness (QED) is 0.198. The Hall–Kier alpha value is -1.32. The van der Waals surface area contributed by atoms with Crippen molar-refractivity contribution in [2.45, 2.75) is 96.8 Å². The molecule has 1 aliphatic rings. The molecular formula is C22H38O4. The Balaban J connectivity index is 1.90. The molecule has 0 spiro atoms. The number of ether oxygens (including phenoxy) is 2. The molecule has 1 atom stereocenters. The smallest absolute Gasteiger partial charge is 0.306 e. The van der Waals surface area contributed by atoms with Crippen molar-refractivity contribution >= 4 is 11.9 Å². The molecule has 4 heteroatoms. The van der Waals surface area contributed by atoms with Gasteiger partial charge in [0.1, 0.15) is 6.61 Å². The number of cyclic esters (lactones) is 1. The second-order valence-electron chi connectivity index (χ2n) is 7.69. The summed E-state index contributed by atoms with van der Waals surface area (Å²) in [6, 6.07) is 0. The van der Waals surface area contributed by atoms with E-state index in [9.17, 15) is 9.59 Å². The summed E-state index contributed by atoms with van der Waals surface area (Å²) in [6.07, 6.45) is 17.5. The van der Waals surface area contributed by atoms with Crippen LogP contribution in [-0.2, 0) is 19.1 Å². The van der Waals surface area contributed by atoms with Crippen LogP contribution >= 0.6 is 0 Å². The van der Waals surface area contributed by atoms with Crippen LogP contribution in [0.15, 0.2) is 12.7 Å². The lowest BCUT2D eigenvalue weighted by Crippen LogP contribution is -2.24. The van der Waals surface area contributed by atoms with Gasteiger partial charge >= 0.3 is 11.9 Å². The van der Waals surface area contributed by atoms with E-state index < -0.39 is 5.41 Å². The Bertz CT molecular complexity index is 418. The molecule has 0 aromatic heterocycles. The Kier molecular flexibility index (Phi) is 12.1. The molecule has 26 heavy (non-hydrogen) atoms. The van der Waals surface area contributed by atoms with Crippen LogP contribution in [0.5, 0.6) is 0 Å². The van der Waals surface area contributed by atoms with E-state index >= 15 is 0 Å². The van der Waals surface area contributed by atoms with E-state index in [1.54, 1.807) is 6.08 Å². The molecule has 0 saturated carbocycles. The van der Waals surface area contributed by atoms with Crippen LogP contribution in [0.2, 0.25) is 0 Å². The number of unbranched alkanes of at least 4 members (excludes halogenated alkanes) is 11. The van der Waals surface area contributed by atoms with E-state index in [4.69, 9.17) is 9.47 Å². The first-order chi connectivity index (χ1) is 12.6. The minimum atomic E-state index is -0.565. The second-order valence-corrected chi connectivity index (χ2v) is 7.69. The van der Waals surface area contributed by atoms with Gasteiger partial charge in [0, 0.05) is 5.41 Å². The molecule has 4 nitrogen and oxygen atoms in total. The van der Waals surface area contributed by atoms with Crippen LogP contribution in [0, 0.1) is 5.41 Å². The van der Waals surface area contributed by atoms with Gasteiger partial charge in [-0.3, -0.25) is 9.59 Å². The molecule has 1 saturated heterocycles. The van der Waals surface area contributed by atoms with E-state index in [1.807, 2.05) is 0 Å². The Labute approximate surface area is 159 Å². The first-order valence-corrected chi connectivity index (χ1v) is 10.6. The SMILES string of the molecule is C=C[C@@]1(CC(=O)OCCCCCCCCCCCCCC)COC(=O)C1. The van der Waals surface area contributed by atoms with Crippen molar-refractivity contribution in [1.29, 1.82) is 0 Å². The maximum atomic E-state index is 11.9. The lowest BCUT2D eigenvalue weighted by atomic mass is 9.84. The molecule has 1 aliphatic heterocycles. The predicted octanol–water partition coefficient (Wildman–Crippen LogP) is 5.74. The molecule has 0 radical (unpaired) electrons. The summed E-state index contributed by atoms with van der Waals surface area (Å²) < 4.78 is 10.3. The third-order valence-corrected chi connectivity index (χ3v) is 5.21. The van der Waals surface area contributed by atoms with Crippen molar-refractivity contribution in [1.82, 2.24) is 0 Å². The van der Waals surface area contributed by atoms with Crippen molar-refractivity contribution < 1.29 is 19.1 Å². The summed E-state index contributed by atoms with van der Waals surface area (Å²) in [7, 11) is 0. The monoisotopic (exact) mass is 366 g/mol. The highest BCUT2D eigenvalue weighted by Gasteiger charge is 2.40. The molecule has 0 amide bonds. The van der Waals surface area contributed by atoms with Crippen molar-refractivity contribution in [3.63, 3.8) is 0 Å². The lowest BCUT2D eigenvalue weighted by molar-refractivity contribution is -0.146. The number of esters is 2. The molecule has 0 N–H and O–H groups in total. The van der Waals surface area contributed by atoms with Gasteiger partial charge in [-0.2, -0.15) is 0 Å². The van der Waals surface area contributed by atoms with Gasteiger partial charge in [0.15, 0.2) is 0 Å². The van der Waals surface area contributed by atoms with Gasteiger partial charge in [-0.05, 0) is 6.42 Å². The molecule has 1 heterocycles. The summed E-state index contributed by atoms with van der Waals surface area (Å²) in [4.78, 5) is 23.2. The van der Waals surface area contributed by atoms with Gasteiger partial charge in [0.05, 0.1) is 19.4 Å². The lowest BCUT2D eigenvalue weighted by Gasteiger charge is -2.19. The molecule has 1 rings (SSSR count). The van der Waals surface area contributed by atoms with E-state index in [2.05, 4.69) is 13.5 Å². The highest BCUT2D eigenvalue weighted by atomic mass is 16.5. The van der Waals surface area contributed by atoms with E-state index in [0.29, 0.717) is 6.61 Å². The normalized spacial score (nSPS) is 19.3. The van der Waals surface area contributed by atoms with Crippen LogP contribution in [0.4, 0.5) is 0 Å². The number of hydrogen-bond acceptors (Lipinski definition) is 4. The van der Waals surface area contributed by atoms with Crippen LogP contribution in [-0.4, -0.2) is 25.2 Å². The van der Waals surface area contributed by atoms with Gasteiger partial charge in [-0.25, -0.2) is 0 Å². The van der Waals surface area contributed by atoms with E-state index in [-0.39, 0.29) is 31.4 Å². The molecule has 0 aliphatic carbocycles. The zero-order valence-corrected chi connectivity index (χ0v) is 16.7. The summed E-state index contributed by atoms with van der Waals surface area (Å²) >= 11 is 0. The second kappa shape index (κ2) is 13.8. The zero-order chi connectivity index (χ0) is 19.1. The molecule has 1 fully saturated rings. The fraction of sp³-hybridized carbons (Fsp3) is 0.818. The van der Waals surface area contributed by atoms with Crippen LogP contribution in [0.25, 0.3) is 0 Å². The average molecular weight is 367 g/mol. The van der Waals surface area contributed by atoms with Gasteiger partial charge in [0.25, 0.3) is 0 Å². The Morgan fingerprint density at radius 3 is 2.04 bits per heavy atom. The van der Waals surface area contributed by atoms with Crippen LogP contribution < -0.4 is 0 Å². The van der Waals surface area contributed by atoms with Crippen molar-refractivity contribution in [2.24, 2.45) is 5.41 Å². The molecule has 0 aromatic rings. The van der Waals surface area contributed by atoms with Crippen molar-refractivity contribution in [3.8, 4) is 0 Å². The van der Waals surface area contributed by atoms with E-state index in [1.165, 1.54) is 64.2 Å².